The first-order valence-corrected chi connectivity index (χ1v) is 5.17. The zero-order chi connectivity index (χ0) is 14.8. The van der Waals surface area contributed by atoms with Crippen molar-refractivity contribution in [1.29, 1.82) is 0 Å². The summed E-state index contributed by atoms with van der Waals surface area (Å²) in [6.07, 6.45) is -6.92. The lowest BCUT2D eigenvalue weighted by Crippen LogP contribution is -2.65. The molecule has 1 saturated carbocycles. The van der Waals surface area contributed by atoms with E-state index in [4.69, 9.17) is 5.11 Å². The molecule has 0 spiro atoms. The molecule has 0 bridgehead atoms. The molecule has 0 heterocycles. The second kappa shape index (κ2) is 6.71. The van der Waals surface area contributed by atoms with Crippen molar-refractivity contribution in [3.8, 4) is 0 Å². The Morgan fingerprint density at radius 1 is 1.21 bits per heavy atom. The van der Waals surface area contributed by atoms with E-state index in [1.165, 1.54) is 6.92 Å². The Hall–Kier alpha value is -0.600. The van der Waals surface area contributed by atoms with E-state index in [2.05, 4.69) is 0 Å². The van der Waals surface area contributed by atoms with Crippen LogP contribution in [0.3, 0.4) is 0 Å². The van der Waals surface area contributed by atoms with Crippen LogP contribution in [0.2, 0.25) is 0 Å². The van der Waals surface area contributed by atoms with Crippen LogP contribution in [0.1, 0.15) is 19.8 Å². The molecule has 9 heteroatoms. The summed E-state index contributed by atoms with van der Waals surface area (Å²) in [5, 5.41) is 9.17. The molecule has 19 heavy (non-hydrogen) atoms. The third kappa shape index (κ3) is 3.49. The van der Waals surface area contributed by atoms with E-state index in [0.717, 1.165) is 0 Å². The minimum Gasteiger partial charge on any atom is -0.376 e. The fraction of sp³-hybridized carbons (Fsp3) is 1.00. The fourth-order valence-corrected chi connectivity index (χ4v) is 2.16. The van der Waals surface area contributed by atoms with Crippen molar-refractivity contribution < 1.29 is 40.5 Å². The third-order valence-electron chi connectivity index (χ3n) is 3.05. The van der Waals surface area contributed by atoms with Gasteiger partial charge in [0.1, 0.15) is 0 Å². The zero-order valence-electron chi connectivity index (χ0n) is 10.3. The average molecular weight is 304 g/mol. The Bertz CT molecular complexity index is 267. The number of rotatable bonds is 1. The second-order valence-corrected chi connectivity index (χ2v) is 4.38. The first-order chi connectivity index (χ1) is 8.06. The van der Waals surface area contributed by atoms with Gasteiger partial charge >= 0.3 is 6.18 Å². The summed E-state index contributed by atoms with van der Waals surface area (Å²) >= 11 is 0. The van der Waals surface area contributed by atoms with Gasteiger partial charge in [0.2, 0.25) is 5.60 Å². The van der Waals surface area contributed by atoms with Crippen LogP contribution in [0.4, 0.5) is 35.4 Å². The molecule has 1 fully saturated rings. The van der Waals surface area contributed by atoms with E-state index in [9.17, 15) is 30.7 Å². The topological polar surface area (TPSA) is 20.2 Å². The van der Waals surface area contributed by atoms with Crippen LogP contribution in [0.5, 0.6) is 0 Å². The van der Waals surface area contributed by atoms with Gasteiger partial charge in [-0.3, -0.25) is 13.5 Å². The standard InChI is InChI=1S/C9H12F6O.CH3F.FH/c1-5-2-6(4-10)8(11,12)7(16,3-5)9(13,14)15;1-2;/h5-6,16H,2-4H2,1H3;1H3;1H. The summed E-state index contributed by atoms with van der Waals surface area (Å²) in [5.41, 5.74) is -4.12. The van der Waals surface area contributed by atoms with Gasteiger partial charge in [-0.25, -0.2) is 8.78 Å². The van der Waals surface area contributed by atoms with Gasteiger partial charge in [-0.05, 0) is 18.8 Å². The van der Waals surface area contributed by atoms with E-state index >= 15 is 0 Å². The minimum absolute atomic E-state index is 0. The Morgan fingerprint density at radius 3 is 1.95 bits per heavy atom. The second-order valence-electron chi connectivity index (χ2n) is 4.38. The molecule has 3 atom stereocenters. The van der Waals surface area contributed by atoms with Crippen LogP contribution in [0.25, 0.3) is 0 Å². The summed E-state index contributed by atoms with van der Waals surface area (Å²) < 4.78 is 85.9. The van der Waals surface area contributed by atoms with Crippen LogP contribution in [-0.4, -0.2) is 36.7 Å². The van der Waals surface area contributed by atoms with Crippen LogP contribution >= 0.6 is 0 Å². The maximum absolute atomic E-state index is 13.4. The quantitative estimate of drug-likeness (QED) is 0.733. The maximum atomic E-state index is 13.4. The molecule has 0 radical (unpaired) electrons. The number of aliphatic hydroxyl groups is 1. The monoisotopic (exact) mass is 304 g/mol. The molecule has 3 unspecified atom stereocenters. The first kappa shape index (κ1) is 20.7. The van der Waals surface area contributed by atoms with Crippen molar-refractivity contribution in [1.82, 2.24) is 0 Å². The summed E-state index contributed by atoms with van der Waals surface area (Å²) in [6.45, 7) is -0.287. The predicted molar refractivity (Wildman–Crippen MR) is 53.3 cm³/mol. The fourth-order valence-electron chi connectivity index (χ4n) is 2.16. The van der Waals surface area contributed by atoms with Gasteiger partial charge in [-0.15, -0.1) is 0 Å². The van der Waals surface area contributed by atoms with Gasteiger partial charge in [-0.1, -0.05) is 6.92 Å². The SMILES string of the molecule is CC1CC(CF)C(F)(F)C(O)(C(F)(F)F)C1.CF.F. The zero-order valence-corrected chi connectivity index (χ0v) is 10.3. The molecule has 1 N–H and O–H groups in total. The molecule has 0 aromatic rings. The highest BCUT2D eigenvalue weighted by Crippen LogP contribution is 2.54. The van der Waals surface area contributed by atoms with Crippen molar-refractivity contribution in [2.24, 2.45) is 11.8 Å². The Labute approximate surface area is 105 Å². The molecule has 1 nitrogen and oxygen atoms in total. The van der Waals surface area contributed by atoms with Gasteiger partial charge < -0.3 is 5.11 Å². The Kier molecular flexibility index (Phi) is 7.32. The largest absolute Gasteiger partial charge is 0.423 e. The summed E-state index contributed by atoms with van der Waals surface area (Å²) in [4.78, 5) is 0. The smallest absolute Gasteiger partial charge is 0.376 e. The minimum atomic E-state index is -5.46. The highest BCUT2D eigenvalue weighted by atomic mass is 19.4. The van der Waals surface area contributed by atoms with Gasteiger partial charge in [0.05, 0.1) is 19.8 Å². The van der Waals surface area contributed by atoms with Gasteiger partial charge in [0.25, 0.3) is 5.92 Å². The highest BCUT2D eigenvalue weighted by molar-refractivity contribution is 5.06. The molecule has 118 valence electrons. The molecular weight excluding hydrogens is 288 g/mol. The summed E-state index contributed by atoms with van der Waals surface area (Å²) in [6, 6.07) is 0. The molecule has 0 saturated heterocycles. The van der Waals surface area contributed by atoms with Crippen molar-refractivity contribution >= 4 is 0 Å². The summed E-state index contributed by atoms with van der Waals surface area (Å²) in [7, 11) is 0.500. The molecule has 1 aliphatic carbocycles. The lowest BCUT2D eigenvalue weighted by molar-refractivity contribution is -0.360. The van der Waals surface area contributed by atoms with Crippen LogP contribution < -0.4 is 0 Å². The van der Waals surface area contributed by atoms with Gasteiger partial charge in [0.15, 0.2) is 0 Å². The lowest BCUT2D eigenvalue weighted by Gasteiger charge is -2.46. The summed E-state index contributed by atoms with van der Waals surface area (Å²) in [5.74, 6) is -7.36. The predicted octanol–water partition coefficient (Wildman–Crippen LogP) is 3.67. The van der Waals surface area contributed by atoms with E-state index in [-0.39, 0.29) is 11.1 Å². The first-order valence-electron chi connectivity index (χ1n) is 5.17. The normalized spacial score (nSPS) is 33.8. The van der Waals surface area contributed by atoms with Crippen molar-refractivity contribution in [2.45, 2.75) is 37.5 Å². The Morgan fingerprint density at radius 2 is 1.63 bits per heavy atom. The number of halogens is 8. The third-order valence-corrected chi connectivity index (χ3v) is 3.05. The van der Waals surface area contributed by atoms with E-state index in [1.807, 2.05) is 0 Å². The van der Waals surface area contributed by atoms with Crippen LogP contribution in [0.15, 0.2) is 0 Å². The van der Waals surface area contributed by atoms with E-state index < -0.39 is 42.6 Å². The molecule has 0 aromatic carbocycles. The highest BCUT2D eigenvalue weighted by Gasteiger charge is 2.73. The average Bonchev–Trinajstić information content (AvgIpc) is 2.25. The van der Waals surface area contributed by atoms with E-state index in [0.29, 0.717) is 7.18 Å². The number of hydrogen-bond donors (Lipinski definition) is 1. The van der Waals surface area contributed by atoms with Crippen LogP contribution in [0, 0.1) is 11.8 Å². The maximum Gasteiger partial charge on any atom is 0.423 e. The molecular formula is C10H16F8O. The number of alkyl halides is 7. The number of hydrogen-bond acceptors (Lipinski definition) is 1. The van der Waals surface area contributed by atoms with Gasteiger partial charge in [0, 0.05) is 0 Å². The van der Waals surface area contributed by atoms with Crippen molar-refractivity contribution in [3.63, 3.8) is 0 Å². The van der Waals surface area contributed by atoms with Crippen LogP contribution in [-0.2, 0) is 0 Å². The van der Waals surface area contributed by atoms with Gasteiger partial charge in [-0.2, -0.15) is 13.2 Å². The molecule has 0 aromatic heterocycles. The lowest BCUT2D eigenvalue weighted by atomic mass is 9.70. The van der Waals surface area contributed by atoms with E-state index in [1.54, 1.807) is 0 Å². The van der Waals surface area contributed by atoms with Crippen molar-refractivity contribution in [2.75, 3.05) is 13.9 Å². The Balaban J connectivity index is 0. The molecule has 0 aliphatic heterocycles. The van der Waals surface area contributed by atoms with Crippen molar-refractivity contribution in [3.05, 3.63) is 0 Å². The molecule has 1 aliphatic rings. The molecule has 0 amide bonds. The molecule has 1 rings (SSSR count).